The number of aromatic nitrogens is 1. The Morgan fingerprint density at radius 2 is 2.45 bits per heavy atom. The molecule has 0 saturated carbocycles. The molecular formula is C8H9IN2. The normalized spacial score (nSPS) is 9.18. The number of pyridine rings is 1. The summed E-state index contributed by atoms with van der Waals surface area (Å²) in [5, 5.41) is 0. The molecule has 0 aliphatic heterocycles. The van der Waals surface area contributed by atoms with E-state index in [4.69, 9.17) is 0 Å². The molecule has 0 unspecified atom stereocenters. The van der Waals surface area contributed by atoms with Crippen LogP contribution in [-0.2, 0) is 0 Å². The molecule has 0 atom stereocenters. The van der Waals surface area contributed by atoms with Crippen molar-refractivity contribution >= 4 is 28.7 Å². The molecule has 0 aliphatic rings. The molecule has 0 saturated heterocycles. The second kappa shape index (κ2) is 4.33. The highest BCUT2D eigenvalue weighted by atomic mass is 127. The third kappa shape index (κ3) is 2.49. The minimum atomic E-state index is 0.817. The van der Waals surface area contributed by atoms with E-state index in [-0.39, 0.29) is 0 Å². The maximum absolute atomic E-state index is 4.17. The first-order valence-corrected chi connectivity index (χ1v) is 4.26. The second-order valence-corrected chi connectivity index (χ2v) is 3.19. The lowest BCUT2D eigenvalue weighted by Gasteiger charge is -2.11. The van der Waals surface area contributed by atoms with E-state index in [9.17, 15) is 0 Å². The van der Waals surface area contributed by atoms with Crippen LogP contribution in [0, 0.1) is 0 Å². The van der Waals surface area contributed by atoms with Crippen molar-refractivity contribution in [3.8, 4) is 0 Å². The van der Waals surface area contributed by atoms with Crippen LogP contribution in [0.5, 0.6) is 0 Å². The lowest BCUT2D eigenvalue weighted by atomic mass is 10.4. The third-order valence-electron chi connectivity index (χ3n) is 1.19. The largest absolute Gasteiger partial charge is 0.295 e. The summed E-state index contributed by atoms with van der Waals surface area (Å²) < 4.78 is 2.00. The zero-order valence-electron chi connectivity index (χ0n) is 6.07. The maximum atomic E-state index is 4.17. The highest BCUT2D eigenvalue weighted by Crippen LogP contribution is 2.12. The third-order valence-corrected chi connectivity index (χ3v) is 2.08. The van der Waals surface area contributed by atoms with Crippen molar-refractivity contribution in [2.75, 3.05) is 9.66 Å². The summed E-state index contributed by atoms with van der Waals surface area (Å²) in [7, 11) is 0. The van der Waals surface area contributed by atoms with Crippen LogP contribution in [0.15, 0.2) is 37.1 Å². The van der Waals surface area contributed by atoms with E-state index < -0.39 is 0 Å². The molecule has 0 radical (unpaired) electrons. The summed E-state index contributed by atoms with van der Waals surface area (Å²) in [6, 6.07) is 5.84. The summed E-state index contributed by atoms with van der Waals surface area (Å²) in [5.41, 5.74) is 0. The molecule has 1 aromatic rings. The van der Waals surface area contributed by atoms with Crippen LogP contribution in [-0.4, -0.2) is 11.5 Å². The molecule has 11 heavy (non-hydrogen) atoms. The smallest absolute Gasteiger partial charge is 0.137 e. The van der Waals surface area contributed by atoms with Crippen LogP contribution in [0.1, 0.15) is 0 Å². The Morgan fingerprint density at radius 3 is 3.00 bits per heavy atom. The Bertz CT molecular complexity index is 223. The molecule has 2 nitrogen and oxygen atoms in total. The molecule has 0 N–H and O–H groups in total. The summed E-state index contributed by atoms with van der Waals surface area (Å²) >= 11 is 2.21. The number of nitrogens with zero attached hydrogens (tertiary/aromatic N) is 2. The van der Waals surface area contributed by atoms with E-state index >= 15 is 0 Å². The van der Waals surface area contributed by atoms with Crippen molar-refractivity contribution in [3.05, 3.63) is 37.1 Å². The predicted molar refractivity (Wildman–Crippen MR) is 55.8 cm³/mol. The summed E-state index contributed by atoms with van der Waals surface area (Å²) in [4.78, 5) is 4.17. The average molecular weight is 260 g/mol. The fourth-order valence-corrected chi connectivity index (χ4v) is 1.27. The van der Waals surface area contributed by atoms with Crippen molar-refractivity contribution in [2.45, 2.75) is 0 Å². The van der Waals surface area contributed by atoms with Gasteiger partial charge in [0.1, 0.15) is 5.82 Å². The van der Waals surface area contributed by atoms with Gasteiger partial charge in [0.15, 0.2) is 0 Å². The fraction of sp³-hybridized carbons (Fsp3) is 0.125. The van der Waals surface area contributed by atoms with Crippen LogP contribution in [0.25, 0.3) is 0 Å². The van der Waals surface area contributed by atoms with Crippen LogP contribution in [0.4, 0.5) is 5.82 Å². The molecule has 1 rings (SSSR count). The minimum absolute atomic E-state index is 0.817. The van der Waals surface area contributed by atoms with E-state index in [1.807, 2.05) is 27.4 Å². The number of hydrogen-bond acceptors (Lipinski definition) is 2. The fourth-order valence-electron chi connectivity index (χ4n) is 0.704. The standard InChI is InChI=1S/C8H9IN2/c1-2-7-11(9)8-5-3-4-6-10-8/h2-6H,1,7H2. The molecule has 1 aromatic heterocycles. The predicted octanol–water partition coefficient (Wildman–Crippen LogP) is 2.42. The van der Waals surface area contributed by atoms with Crippen molar-refractivity contribution in [1.82, 2.24) is 4.98 Å². The highest BCUT2D eigenvalue weighted by Gasteiger charge is 1.97. The quantitative estimate of drug-likeness (QED) is 0.471. The van der Waals surface area contributed by atoms with E-state index in [0.29, 0.717) is 0 Å². The van der Waals surface area contributed by atoms with E-state index in [0.717, 1.165) is 12.4 Å². The molecule has 0 aliphatic carbocycles. The van der Waals surface area contributed by atoms with E-state index in [1.54, 1.807) is 6.20 Å². The summed E-state index contributed by atoms with van der Waals surface area (Å²) in [5.74, 6) is 0.966. The Kier molecular flexibility index (Phi) is 3.35. The van der Waals surface area contributed by atoms with Crippen LogP contribution >= 0.6 is 22.9 Å². The first-order valence-electron chi connectivity index (χ1n) is 3.30. The van der Waals surface area contributed by atoms with E-state index in [2.05, 4.69) is 34.4 Å². The lowest BCUT2D eigenvalue weighted by molar-refractivity contribution is 1.17. The van der Waals surface area contributed by atoms with Crippen LogP contribution in [0.2, 0.25) is 0 Å². The first kappa shape index (κ1) is 8.52. The average Bonchev–Trinajstić information content (AvgIpc) is 2.07. The Morgan fingerprint density at radius 1 is 1.64 bits per heavy atom. The Labute approximate surface area is 80.4 Å². The summed E-state index contributed by atoms with van der Waals surface area (Å²) in [6.45, 7) is 4.47. The molecule has 0 spiro atoms. The van der Waals surface area contributed by atoms with Crippen LogP contribution < -0.4 is 3.11 Å². The SMILES string of the molecule is C=CCN(I)c1ccccn1. The first-order chi connectivity index (χ1) is 5.34. The van der Waals surface area contributed by atoms with Gasteiger partial charge in [0.05, 0.1) is 22.9 Å². The van der Waals surface area contributed by atoms with Gasteiger partial charge in [0.2, 0.25) is 0 Å². The maximum Gasteiger partial charge on any atom is 0.137 e. The number of anilines is 1. The highest BCUT2D eigenvalue weighted by molar-refractivity contribution is 14.1. The van der Waals surface area contributed by atoms with Gasteiger partial charge in [-0.05, 0) is 12.1 Å². The minimum Gasteiger partial charge on any atom is -0.295 e. The molecule has 58 valence electrons. The van der Waals surface area contributed by atoms with Crippen molar-refractivity contribution < 1.29 is 0 Å². The van der Waals surface area contributed by atoms with Gasteiger partial charge < -0.3 is 0 Å². The molecule has 0 amide bonds. The molecule has 3 heteroatoms. The van der Waals surface area contributed by atoms with Gasteiger partial charge in [-0.1, -0.05) is 12.1 Å². The van der Waals surface area contributed by atoms with Gasteiger partial charge in [-0.25, -0.2) is 4.98 Å². The lowest BCUT2D eigenvalue weighted by Crippen LogP contribution is -2.09. The molecule has 0 fully saturated rings. The number of hydrogen-bond donors (Lipinski definition) is 0. The molecular weight excluding hydrogens is 251 g/mol. The Hall–Kier alpha value is -0.580. The van der Waals surface area contributed by atoms with Gasteiger partial charge in [-0.3, -0.25) is 3.11 Å². The van der Waals surface area contributed by atoms with Gasteiger partial charge in [-0.2, -0.15) is 0 Å². The zero-order valence-corrected chi connectivity index (χ0v) is 8.23. The second-order valence-electron chi connectivity index (χ2n) is 2.02. The number of rotatable bonds is 3. The zero-order chi connectivity index (χ0) is 8.10. The number of halogens is 1. The summed E-state index contributed by atoms with van der Waals surface area (Å²) in [6.07, 6.45) is 3.63. The van der Waals surface area contributed by atoms with Gasteiger partial charge in [-0.15, -0.1) is 6.58 Å². The molecule has 1 heterocycles. The van der Waals surface area contributed by atoms with Gasteiger partial charge in [0.25, 0.3) is 0 Å². The monoisotopic (exact) mass is 260 g/mol. The molecule has 0 bridgehead atoms. The molecule has 0 aromatic carbocycles. The van der Waals surface area contributed by atoms with Crippen molar-refractivity contribution in [2.24, 2.45) is 0 Å². The van der Waals surface area contributed by atoms with Gasteiger partial charge in [0, 0.05) is 12.7 Å². The van der Waals surface area contributed by atoms with Crippen molar-refractivity contribution in [1.29, 1.82) is 0 Å². The van der Waals surface area contributed by atoms with Gasteiger partial charge >= 0.3 is 0 Å². The Balaban J connectivity index is 2.68. The van der Waals surface area contributed by atoms with Crippen LogP contribution in [0.3, 0.4) is 0 Å². The van der Waals surface area contributed by atoms with E-state index in [1.165, 1.54) is 0 Å². The van der Waals surface area contributed by atoms with Crippen molar-refractivity contribution in [3.63, 3.8) is 0 Å². The topological polar surface area (TPSA) is 16.1 Å².